The van der Waals surface area contributed by atoms with E-state index in [9.17, 15) is 9.18 Å². The van der Waals surface area contributed by atoms with Gasteiger partial charge in [-0.2, -0.15) is 5.10 Å². The zero-order chi connectivity index (χ0) is 20.2. The van der Waals surface area contributed by atoms with Crippen LogP contribution < -0.4 is 0 Å². The number of aryl methyl sites for hydroxylation is 2. The first-order valence-corrected chi connectivity index (χ1v) is 9.57. The average Bonchev–Trinajstić information content (AvgIpc) is 3.17. The van der Waals surface area contributed by atoms with Crippen LogP contribution in [0.2, 0.25) is 0 Å². The zero-order valence-electron chi connectivity index (χ0n) is 16.2. The Balaban J connectivity index is 1.50. The number of nitrogens with zero attached hydrogens (tertiary/aromatic N) is 5. The highest BCUT2D eigenvalue weighted by molar-refractivity contribution is 5.76. The summed E-state index contributed by atoms with van der Waals surface area (Å²) in [6.45, 7) is 3.76. The minimum Gasteiger partial charge on any atom is -0.368 e. The molecule has 0 radical (unpaired) electrons. The Bertz CT molecular complexity index is 1010. The first-order chi connectivity index (χ1) is 14.1. The SMILES string of the molecule is Cc1ccnn1CCC(=O)N1CCO[C@H](c2nccnc2-c2ccccc2F)C1. The number of hydrogen-bond acceptors (Lipinski definition) is 5. The molecule has 8 heteroatoms. The third-order valence-corrected chi connectivity index (χ3v) is 5.05. The molecule has 1 fully saturated rings. The number of hydrogen-bond donors (Lipinski definition) is 0. The molecule has 1 aromatic carbocycles. The van der Waals surface area contributed by atoms with Crippen molar-refractivity contribution >= 4 is 5.91 Å². The van der Waals surface area contributed by atoms with Gasteiger partial charge in [0, 0.05) is 49.4 Å². The second-order valence-corrected chi connectivity index (χ2v) is 6.91. The van der Waals surface area contributed by atoms with Crippen molar-refractivity contribution in [3.05, 3.63) is 66.1 Å². The van der Waals surface area contributed by atoms with E-state index in [-0.39, 0.29) is 11.7 Å². The van der Waals surface area contributed by atoms with Crippen LogP contribution in [0.4, 0.5) is 4.39 Å². The summed E-state index contributed by atoms with van der Waals surface area (Å²) < 4.78 is 22.0. The van der Waals surface area contributed by atoms with Gasteiger partial charge in [0.15, 0.2) is 0 Å². The molecule has 3 heterocycles. The van der Waals surface area contributed by atoms with Crippen LogP contribution in [0.5, 0.6) is 0 Å². The van der Waals surface area contributed by atoms with Gasteiger partial charge in [0.25, 0.3) is 0 Å². The molecule has 0 unspecified atom stereocenters. The van der Waals surface area contributed by atoms with E-state index in [1.165, 1.54) is 12.3 Å². The van der Waals surface area contributed by atoms with Gasteiger partial charge in [0.1, 0.15) is 11.9 Å². The monoisotopic (exact) mass is 395 g/mol. The van der Waals surface area contributed by atoms with E-state index >= 15 is 0 Å². The number of carbonyl (C=O) groups is 1. The van der Waals surface area contributed by atoms with Crippen LogP contribution in [-0.4, -0.2) is 50.3 Å². The van der Waals surface area contributed by atoms with Crippen molar-refractivity contribution in [3.63, 3.8) is 0 Å². The molecule has 2 aromatic heterocycles. The Labute approximate surface area is 168 Å². The summed E-state index contributed by atoms with van der Waals surface area (Å²) in [4.78, 5) is 23.2. The summed E-state index contributed by atoms with van der Waals surface area (Å²) in [7, 11) is 0. The maximum Gasteiger partial charge on any atom is 0.224 e. The van der Waals surface area contributed by atoms with E-state index in [2.05, 4.69) is 15.1 Å². The van der Waals surface area contributed by atoms with E-state index in [0.29, 0.717) is 49.6 Å². The number of rotatable bonds is 5. The van der Waals surface area contributed by atoms with E-state index in [0.717, 1.165) is 5.69 Å². The zero-order valence-corrected chi connectivity index (χ0v) is 16.2. The number of morpholine rings is 1. The van der Waals surface area contributed by atoms with E-state index in [1.807, 2.05) is 17.7 Å². The van der Waals surface area contributed by atoms with Crippen LogP contribution in [0.3, 0.4) is 0 Å². The van der Waals surface area contributed by atoms with Crippen molar-refractivity contribution in [1.29, 1.82) is 0 Å². The van der Waals surface area contributed by atoms with Crippen LogP contribution in [0.1, 0.15) is 23.9 Å². The lowest BCUT2D eigenvalue weighted by atomic mass is 10.0. The van der Waals surface area contributed by atoms with Crippen LogP contribution in [-0.2, 0) is 16.1 Å². The molecule has 4 rings (SSSR count). The molecule has 0 N–H and O–H groups in total. The largest absolute Gasteiger partial charge is 0.368 e. The van der Waals surface area contributed by atoms with Crippen molar-refractivity contribution in [2.24, 2.45) is 0 Å². The molecule has 150 valence electrons. The Kier molecular flexibility index (Phi) is 5.62. The summed E-state index contributed by atoms with van der Waals surface area (Å²) in [6.07, 6.45) is 4.72. The average molecular weight is 395 g/mol. The molecule has 0 bridgehead atoms. The summed E-state index contributed by atoms with van der Waals surface area (Å²) >= 11 is 0. The summed E-state index contributed by atoms with van der Waals surface area (Å²) in [5.41, 5.74) is 2.37. The first-order valence-electron chi connectivity index (χ1n) is 9.57. The predicted molar refractivity (Wildman–Crippen MR) is 104 cm³/mol. The van der Waals surface area contributed by atoms with Crippen LogP contribution >= 0.6 is 0 Å². The molecule has 0 saturated carbocycles. The predicted octanol–water partition coefficient (Wildman–Crippen LogP) is 2.78. The molecule has 1 saturated heterocycles. The Morgan fingerprint density at radius 2 is 2.03 bits per heavy atom. The van der Waals surface area contributed by atoms with Gasteiger partial charge < -0.3 is 9.64 Å². The quantitative estimate of drug-likeness (QED) is 0.664. The minimum atomic E-state index is -0.456. The van der Waals surface area contributed by atoms with E-state index in [1.54, 1.807) is 35.5 Å². The third-order valence-electron chi connectivity index (χ3n) is 5.05. The molecule has 29 heavy (non-hydrogen) atoms. The maximum absolute atomic E-state index is 14.3. The molecule has 1 aliphatic heterocycles. The topological polar surface area (TPSA) is 73.1 Å². The standard InChI is InChI=1S/C21H22FN5O2/c1-15-6-8-25-27(15)11-7-19(28)26-12-13-29-18(14-26)21-20(23-9-10-24-21)16-4-2-3-5-17(16)22/h2-6,8-10,18H,7,11-14H2,1H3/t18-/m0/s1. The highest BCUT2D eigenvalue weighted by Gasteiger charge is 2.29. The van der Waals surface area contributed by atoms with Crippen LogP contribution in [0.25, 0.3) is 11.3 Å². The van der Waals surface area contributed by atoms with Crippen molar-refractivity contribution < 1.29 is 13.9 Å². The molecule has 1 amide bonds. The first kappa shape index (κ1) is 19.2. The van der Waals surface area contributed by atoms with Gasteiger partial charge >= 0.3 is 0 Å². The number of aromatic nitrogens is 4. The van der Waals surface area contributed by atoms with Crippen molar-refractivity contribution in [2.75, 3.05) is 19.7 Å². The molecular formula is C21H22FN5O2. The van der Waals surface area contributed by atoms with E-state index in [4.69, 9.17) is 4.74 Å². The highest BCUT2D eigenvalue weighted by atomic mass is 19.1. The third kappa shape index (κ3) is 4.17. The number of ether oxygens (including phenoxy) is 1. The number of benzene rings is 1. The van der Waals surface area contributed by atoms with Gasteiger partial charge in [-0.25, -0.2) is 4.39 Å². The summed E-state index contributed by atoms with van der Waals surface area (Å²) in [5.74, 6) is -0.336. The van der Waals surface area contributed by atoms with Crippen molar-refractivity contribution in [3.8, 4) is 11.3 Å². The second-order valence-electron chi connectivity index (χ2n) is 6.91. The fourth-order valence-electron chi connectivity index (χ4n) is 3.48. The van der Waals surface area contributed by atoms with Crippen LogP contribution in [0.15, 0.2) is 48.9 Å². The lowest BCUT2D eigenvalue weighted by molar-refractivity contribution is -0.139. The van der Waals surface area contributed by atoms with Crippen molar-refractivity contribution in [2.45, 2.75) is 26.0 Å². The van der Waals surface area contributed by atoms with Gasteiger partial charge in [-0.1, -0.05) is 12.1 Å². The molecule has 0 spiro atoms. The number of carbonyl (C=O) groups excluding carboxylic acids is 1. The molecular weight excluding hydrogens is 373 g/mol. The molecule has 3 aromatic rings. The number of halogens is 1. The van der Waals surface area contributed by atoms with Crippen LogP contribution in [0, 0.1) is 12.7 Å². The van der Waals surface area contributed by atoms with Crippen molar-refractivity contribution in [1.82, 2.24) is 24.6 Å². The van der Waals surface area contributed by atoms with E-state index < -0.39 is 6.10 Å². The molecule has 1 atom stereocenters. The maximum atomic E-state index is 14.3. The highest BCUT2D eigenvalue weighted by Crippen LogP contribution is 2.30. The smallest absolute Gasteiger partial charge is 0.224 e. The summed E-state index contributed by atoms with van der Waals surface area (Å²) in [5, 5.41) is 4.22. The van der Waals surface area contributed by atoms with Gasteiger partial charge in [0.2, 0.25) is 5.91 Å². The van der Waals surface area contributed by atoms with Gasteiger partial charge in [0.05, 0.1) is 24.5 Å². The fourth-order valence-corrected chi connectivity index (χ4v) is 3.48. The van der Waals surface area contributed by atoms with Gasteiger partial charge in [-0.3, -0.25) is 19.4 Å². The molecule has 1 aliphatic rings. The summed E-state index contributed by atoms with van der Waals surface area (Å²) in [6, 6.07) is 8.36. The van der Waals surface area contributed by atoms with Gasteiger partial charge in [-0.05, 0) is 25.1 Å². The fraction of sp³-hybridized carbons (Fsp3) is 0.333. The molecule has 7 nitrogen and oxygen atoms in total. The number of amides is 1. The lowest BCUT2D eigenvalue weighted by Gasteiger charge is -2.33. The van der Waals surface area contributed by atoms with Gasteiger partial charge in [-0.15, -0.1) is 0 Å². The normalized spacial score (nSPS) is 16.8. The second kappa shape index (κ2) is 8.48. The Morgan fingerprint density at radius 3 is 2.83 bits per heavy atom. The Morgan fingerprint density at radius 1 is 1.21 bits per heavy atom. The Hall–Kier alpha value is -3.13. The lowest BCUT2D eigenvalue weighted by Crippen LogP contribution is -2.43. The minimum absolute atomic E-state index is 0.0320. The molecule has 0 aliphatic carbocycles.